The van der Waals surface area contributed by atoms with E-state index in [9.17, 15) is 9.59 Å². The number of alkyl carbamates (subject to hydrolysis) is 1. The lowest BCUT2D eigenvalue weighted by atomic mass is 10.0. The molecule has 1 amide bonds. The van der Waals surface area contributed by atoms with Gasteiger partial charge < -0.3 is 28.8 Å². The Morgan fingerprint density at radius 2 is 1.63 bits per heavy atom. The topological polar surface area (TPSA) is 90.2 Å². The van der Waals surface area contributed by atoms with Crippen LogP contribution in [0.5, 0.6) is 11.5 Å². The van der Waals surface area contributed by atoms with Gasteiger partial charge in [-0.15, -0.1) is 0 Å². The summed E-state index contributed by atoms with van der Waals surface area (Å²) in [5.74, 6) is 1.17. The number of carbonyl (C=O) groups is 1. The maximum Gasteiger partial charge on any atom is 0.407 e. The fraction of sp³-hybridized carbons (Fsp3) is 0.257. The van der Waals surface area contributed by atoms with Crippen molar-refractivity contribution in [2.75, 3.05) is 32.1 Å². The standard InChI is InChI=1S/C35H36N2O6/c1-35(2,3)43-34(39)36-17-18-40-28-16-13-25-20-29-30(21-26(25)19-28)42-32(24-11-14-27(15-12-24)37(4)5)33(31(29)38)41-22-23-9-7-6-8-10-23/h6-16,19-21H,17-18,22H2,1-5H3,(H,36,39). The molecule has 43 heavy (non-hydrogen) atoms. The number of hydrogen-bond donors (Lipinski definition) is 1. The number of rotatable bonds is 9. The van der Waals surface area contributed by atoms with Crippen molar-refractivity contribution in [1.29, 1.82) is 0 Å². The highest BCUT2D eigenvalue weighted by Gasteiger charge is 2.19. The smallest absolute Gasteiger partial charge is 0.407 e. The van der Waals surface area contributed by atoms with Crippen molar-refractivity contribution < 1.29 is 23.4 Å². The molecule has 0 aliphatic rings. The van der Waals surface area contributed by atoms with E-state index in [2.05, 4.69) is 5.32 Å². The molecule has 0 saturated carbocycles. The molecule has 0 spiro atoms. The molecule has 222 valence electrons. The Kier molecular flexibility index (Phi) is 8.57. The Labute approximate surface area is 250 Å². The number of ether oxygens (including phenoxy) is 3. The van der Waals surface area contributed by atoms with Gasteiger partial charge >= 0.3 is 6.09 Å². The Morgan fingerprint density at radius 3 is 2.33 bits per heavy atom. The number of benzene rings is 4. The lowest BCUT2D eigenvalue weighted by Gasteiger charge is -2.19. The maximum absolute atomic E-state index is 13.9. The van der Waals surface area contributed by atoms with Crippen LogP contribution in [0.15, 0.2) is 94.1 Å². The van der Waals surface area contributed by atoms with E-state index in [0.717, 1.165) is 27.6 Å². The second-order valence-electron chi connectivity index (χ2n) is 11.4. The lowest BCUT2D eigenvalue weighted by molar-refractivity contribution is 0.0520. The van der Waals surface area contributed by atoms with E-state index >= 15 is 0 Å². The summed E-state index contributed by atoms with van der Waals surface area (Å²) in [6.45, 7) is 6.23. The summed E-state index contributed by atoms with van der Waals surface area (Å²) in [7, 11) is 3.94. The molecule has 0 radical (unpaired) electrons. The lowest BCUT2D eigenvalue weighted by Crippen LogP contribution is -2.34. The van der Waals surface area contributed by atoms with Gasteiger partial charge in [0.25, 0.3) is 0 Å². The van der Waals surface area contributed by atoms with Crippen molar-refractivity contribution in [1.82, 2.24) is 5.32 Å². The van der Waals surface area contributed by atoms with Crippen LogP contribution < -0.4 is 25.1 Å². The van der Waals surface area contributed by atoms with Crippen molar-refractivity contribution in [2.24, 2.45) is 0 Å². The molecule has 0 unspecified atom stereocenters. The van der Waals surface area contributed by atoms with E-state index in [-0.39, 0.29) is 24.4 Å². The van der Waals surface area contributed by atoms with Gasteiger partial charge in [0.1, 0.15) is 30.1 Å². The van der Waals surface area contributed by atoms with E-state index in [1.165, 1.54) is 0 Å². The molecule has 0 saturated heterocycles. The number of nitrogens with zero attached hydrogens (tertiary/aromatic N) is 1. The summed E-state index contributed by atoms with van der Waals surface area (Å²) in [6, 6.07) is 26.8. The van der Waals surface area contributed by atoms with Gasteiger partial charge in [0.2, 0.25) is 11.2 Å². The van der Waals surface area contributed by atoms with Crippen LogP contribution in [0.3, 0.4) is 0 Å². The zero-order valence-electron chi connectivity index (χ0n) is 25.1. The highest BCUT2D eigenvalue weighted by molar-refractivity contribution is 5.97. The van der Waals surface area contributed by atoms with Crippen LogP contribution >= 0.6 is 0 Å². The van der Waals surface area contributed by atoms with Crippen LogP contribution in [0.25, 0.3) is 33.1 Å². The molecule has 8 nitrogen and oxygen atoms in total. The van der Waals surface area contributed by atoms with Crippen LogP contribution in [0.1, 0.15) is 26.3 Å². The molecule has 1 aromatic heterocycles. The monoisotopic (exact) mass is 580 g/mol. The number of hydrogen-bond acceptors (Lipinski definition) is 7. The molecule has 5 rings (SSSR count). The molecule has 4 aromatic carbocycles. The first-order valence-corrected chi connectivity index (χ1v) is 14.2. The van der Waals surface area contributed by atoms with Crippen molar-refractivity contribution in [3.63, 3.8) is 0 Å². The molecule has 0 atom stereocenters. The van der Waals surface area contributed by atoms with Crippen LogP contribution in [0.4, 0.5) is 10.5 Å². The third-order valence-corrected chi connectivity index (χ3v) is 6.69. The van der Waals surface area contributed by atoms with Crippen LogP contribution in [0.2, 0.25) is 0 Å². The first kappa shape index (κ1) is 29.5. The van der Waals surface area contributed by atoms with Gasteiger partial charge in [-0.3, -0.25) is 4.79 Å². The van der Waals surface area contributed by atoms with Crippen LogP contribution in [0, 0.1) is 0 Å². The third kappa shape index (κ3) is 7.27. The molecular weight excluding hydrogens is 544 g/mol. The van der Waals surface area contributed by atoms with Crippen molar-refractivity contribution in [2.45, 2.75) is 33.0 Å². The highest BCUT2D eigenvalue weighted by Crippen LogP contribution is 2.34. The fourth-order valence-corrected chi connectivity index (χ4v) is 4.59. The molecule has 8 heteroatoms. The summed E-state index contributed by atoms with van der Waals surface area (Å²) < 4.78 is 23.7. The largest absolute Gasteiger partial charge is 0.492 e. The molecule has 0 aliphatic heterocycles. The minimum atomic E-state index is -0.564. The van der Waals surface area contributed by atoms with Crippen molar-refractivity contribution in [3.05, 3.63) is 101 Å². The molecule has 0 fully saturated rings. The van der Waals surface area contributed by atoms with E-state index in [1.54, 1.807) is 0 Å². The number of nitrogens with one attached hydrogen (secondary N) is 1. The Bertz CT molecular complexity index is 1790. The van der Waals surface area contributed by atoms with E-state index in [4.69, 9.17) is 18.6 Å². The minimum Gasteiger partial charge on any atom is -0.492 e. The van der Waals surface area contributed by atoms with Crippen molar-refractivity contribution >= 4 is 33.5 Å². The molecule has 5 aromatic rings. The predicted molar refractivity (Wildman–Crippen MR) is 170 cm³/mol. The van der Waals surface area contributed by atoms with E-state index < -0.39 is 11.7 Å². The molecule has 0 aliphatic carbocycles. The Balaban J connectivity index is 1.45. The second-order valence-corrected chi connectivity index (χ2v) is 11.4. The Hall–Kier alpha value is -4.98. The summed E-state index contributed by atoms with van der Waals surface area (Å²) in [5, 5.41) is 4.82. The van der Waals surface area contributed by atoms with E-state index in [1.807, 2.05) is 125 Å². The second kappa shape index (κ2) is 12.5. The number of anilines is 1. The normalized spacial score (nSPS) is 11.4. The molecule has 1 N–H and O–H groups in total. The molecular formula is C35H36N2O6. The van der Waals surface area contributed by atoms with Gasteiger partial charge in [-0.1, -0.05) is 36.4 Å². The average molecular weight is 581 g/mol. The summed E-state index contributed by atoms with van der Waals surface area (Å²) in [5.41, 5.74) is 2.36. The average Bonchev–Trinajstić information content (AvgIpc) is 2.97. The van der Waals surface area contributed by atoms with Gasteiger partial charge in [-0.2, -0.15) is 0 Å². The van der Waals surface area contributed by atoms with Gasteiger partial charge in [-0.05, 0) is 85.6 Å². The molecule has 0 bridgehead atoms. The van der Waals surface area contributed by atoms with Gasteiger partial charge in [-0.25, -0.2) is 4.79 Å². The van der Waals surface area contributed by atoms with Gasteiger partial charge in [0.05, 0.1) is 11.9 Å². The van der Waals surface area contributed by atoms with Gasteiger partial charge in [0.15, 0.2) is 5.76 Å². The number of amides is 1. The number of carbonyl (C=O) groups excluding carboxylic acids is 1. The first-order chi connectivity index (χ1) is 20.6. The quantitative estimate of drug-likeness (QED) is 0.146. The van der Waals surface area contributed by atoms with Crippen LogP contribution in [-0.2, 0) is 11.3 Å². The SMILES string of the molecule is CN(C)c1ccc(-c2oc3cc4cc(OCCNC(=O)OC(C)(C)C)ccc4cc3c(=O)c2OCc2ccccc2)cc1. The van der Waals surface area contributed by atoms with E-state index in [0.29, 0.717) is 29.0 Å². The molecule has 1 heterocycles. The van der Waals surface area contributed by atoms with Crippen molar-refractivity contribution in [3.8, 4) is 22.8 Å². The zero-order valence-corrected chi connectivity index (χ0v) is 25.1. The Morgan fingerprint density at radius 1 is 0.884 bits per heavy atom. The third-order valence-electron chi connectivity index (χ3n) is 6.69. The zero-order chi connectivity index (χ0) is 30.6. The fourth-order valence-electron chi connectivity index (χ4n) is 4.59. The van der Waals surface area contributed by atoms with Crippen LogP contribution in [-0.4, -0.2) is 38.9 Å². The highest BCUT2D eigenvalue weighted by atomic mass is 16.6. The summed E-state index contributed by atoms with van der Waals surface area (Å²) >= 11 is 0. The predicted octanol–water partition coefficient (Wildman–Crippen LogP) is 7.16. The summed E-state index contributed by atoms with van der Waals surface area (Å²) in [4.78, 5) is 27.8. The maximum atomic E-state index is 13.9. The van der Waals surface area contributed by atoms with Gasteiger partial charge in [0, 0.05) is 25.3 Å². The summed E-state index contributed by atoms with van der Waals surface area (Å²) in [6.07, 6.45) is -0.490. The number of fused-ring (bicyclic) bond motifs is 2. The first-order valence-electron chi connectivity index (χ1n) is 14.2. The minimum absolute atomic E-state index is 0.172.